The molecular weight excluding hydrogens is 534 g/mol. The van der Waals surface area contributed by atoms with Crippen molar-refractivity contribution in [2.75, 3.05) is 6.54 Å². The molecule has 0 saturated carbocycles. The molecule has 0 spiro atoms. The Bertz CT molecular complexity index is 1330. The van der Waals surface area contributed by atoms with Gasteiger partial charge in [-0.15, -0.1) is 0 Å². The van der Waals surface area contributed by atoms with E-state index in [1.165, 1.54) is 5.01 Å². The number of nitrogens with zero attached hydrogens (tertiary/aromatic N) is 2. The third-order valence-corrected chi connectivity index (χ3v) is 7.72. The predicted molar refractivity (Wildman–Crippen MR) is 161 cm³/mol. The molecule has 2 aliphatic rings. The Morgan fingerprint density at radius 1 is 0.929 bits per heavy atom. The van der Waals surface area contributed by atoms with Gasteiger partial charge in [0.1, 0.15) is 12.1 Å². The van der Waals surface area contributed by atoms with E-state index >= 15 is 0 Å². The van der Waals surface area contributed by atoms with Gasteiger partial charge in [0.2, 0.25) is 5.91 Å². The zero-order chi connectivity index (χ0) is 30.2. The summed E-state index contributed by atoms with van der Waals surface area (Å²) in [6.45, 7) is 7.49. The van der Waals surface area contributed by atoms with Crippen LogP contribution < -0.4 is 16.1 Å². The number of rotatable bonds is 1. The molecule has 226 valence electrons. The summed E-state index contributed by atoms with van der Waals surface area (Å²) in [6, 6.07) is 8.23. The van der Waals surface area contributed by atoms with E-state index in [9.17, 15) is 19.2 Å². The van der Waals surface area contributed by atoms with Gasteiger partial charge in [0.15, 0.2) is 6.10 Å². The van der Waals surface area contributed by atoms with E-state index in [0.717, 1.165) is 41.4 Å². The first-order valence-corrected chi connectivity index (χ1v) is 15.1. The Hall–Kier alpha value is -3.79. The van der Waals surface area contributed by atoms with E-state index in [-0.39, 0.29) is 30.2 Å². The second-order valence-electron chi connectivity index (χ2n) is 11.6. The van der Waals surface area contributed by atoms with Gasteiger partial charge in [-0.25, -0.2) is 5.43 Å². The highest BCUT2D eigenvalue weighted by atomic mass is 16.5. The van der Waals surface area contributed by atoms with Gasteiger partial charge in [-0.2, -0.15) is 0 Å². The zero-order valence-corrected chi connectivity index (χ0v) is 25.0. The quantitative estimate of drug-likeness (QED) is 0.438. The summed E-state index contributed by atoms with van der Waals surface area (Å²) >= 11 is 0. The molecule has 3 N–H and O–H groups in total. The molecule has 10 heteroatoms. The Morgan fingerprint density at radius 3 is 2.48 bits per heavy atom. The van der Waals surface area contributed by atoms with Crippen molar-refractivity contribution in [2.24, 2.45) is 5.92 Å². The first kappa shape index (κ1) is 31.2. The SMILES string of the molecule is CC(C)[C@@H]1OC(=O)CCCCC/C=C/c2ccc3ccc(nc3c2)[C@@H](C)NC(=O)[C@@H]2CCCN(N2)C(=O)[C@H](C)NC1=O. The summed E-state index contributed by atoms with van der Waals surface area (Å²) in [5.41, 5.74) is 5.68. The summed E-state index contributed by atoms with van der Waals surface area (Å²) < 4.78 is 5.54. The Labute approximate surface area is 247 Å². The molecule has 0 aliphatic carbocycles. The monoisotopic (exact) mass is 577 g/mol. The number of hydrogen-bond acceptors (Lipinski definition) is 7. The number of hydrogen-bond donors (Lipinski definition) is 3. The fraction of sp³-hybridized carbons (Fsp3) is 0.531. The third-order valence-electron chi connectivity index (χ3n) is 7.72. The number of benzene rings is 1. The number of allylic oxidation sites excluding steroid dienone is 1. The van der Waals surface area contributed by atoms with Crippen molar-refractivity contribution in [2.45, 2.75) is 96.9 Å². The first-order valence-electron chi connectivity index (χ1n) is 15.1. The number of amides is 3. The minimum absolute atomic E-state index is 0.229. The highest BCUT2D eigenvalue weighted by molar-refractivity contribution is 5.90. The number of fused-ring (bicyclic) bond motifs is 4. The van der Waals surface area contributed by atoms with Crippen LogP contribution in [0.25, 0.3) is 17.0 Å². The molecule has 0 radical (unpaired) electrons. The highest BCUT2D eigenvalue weighted by Crippen LogP contribution is 2.20. The van der Waals surface area contributed by atoms with Crippen molar-refractivity contribution in [3.63, 3.8) is 0 Å². The molecule has 1 aromatic carbocycles. The smallest absolute Gasteiger partial charge is 0.306 e. The van der Waals surface area contributed by atoms with Crippen molar-refractivity contribution < 1.29 is 23.9 Å². The minimum Gasteiger partial charge on any atom is -0.452 e. The van der Waals surface area contributed by atoms with Gasteiger partial charge in [-0.1, -0.05) is 50.6 Å². The summed E-state index contributed by atoms with van der Waals surface area (Å²) in [5.74, 6) is -1.79. The Morgan fingerprint density at radius 2 is 1.69 bits per heavy atom. The van der Waals surface area contributed by atoms with Gasteiger partial charge >= 0.3 is 5.97 Å². The number of nitrogens with one attached hydrogen (secondary N) is 3. The number of esters is 1. The number of pyridine rings is 1. The molecule has 42 heavy (non-hydrogen) atoms. The largest absolute Gasteiger partial charge is 0.452 e. The van der Waals surface area contributed by atoms with Gasteiger partial charge < -0.3 is 15.4 Å². The lowest BCUT2D eigenvalue weighted by Crippen LogP contribution is -2.61. The van der Waals surface area contributed by atoms with Gasteiger partial charge in [0, 0.05) is 18.4 Å². The van der Waals surface area contributed by atoms with Crippen LogP contribution in [0.3, 0.4) is 0 Å². The highest BCUT2D eigenvalue weighted by Gasteiger charge is 2.33. The predicted octanol–water partition coefficient (Wildman–Crippen LogP) is 3.96. The van der Waals surface area contributed by atoms with Gasteiger partial charge in [-0.3, -0.25) is 29.2 Å². The van der Waals surface area contributed by atoms with Crippen LogP contribution >= 0.6 is 0 Å². The summed E-state index contributed by atoms with van der Waals surface area (Å²) in [6.07, 6.45) is 7.95. The number of hydrazine groups is 1. The van der Waals surface area contributed by atoms with Crippen LogP contribution in [0.4, 0.5) is 0 Å². The van der Waals surface area contributed by atoms with E-state index in [1.807, 2.05) is 31.2 Å². The van der Waals surface area contributed by atoms with Gasteiger partial charge in [-0.05, 0) is 69.6 Å². The van der Waals surface area contributed by atoms with E-state index in [0.29, 0.717) is 25.8 Å². The maximum atomic E-state index is 13.2. The van der Waals surface area contributed by atoms with Crippen molar-refractivity contribution in [1.82, 2.24) is 26.1 Å². The fourth-order valence-electron chi connectivity index (χ4n) is 5.23. The standard InChI is InChI=1S/C32H43N5O5/c1-20(2)29-31(40)34-22(4)32(41)37-18-10-12-26(36-37)30(39)33-21(3)25-17-16-24-15-14-23(19-27(24)35-25)11-8-6-5-7-9-13-28(38)42-29/h8,11,14-17,19-22,26,29,36H,5-7,9-10,12-13,18H2,1-4H3,(H,33,39)(H,34,40)/b11-8+/t21-,22+,26+,29+/m1/s1. The fourth-order valence-corrected chi connectivity index (χ4v) is 5.23. The summed E-state index contributed by atoms with van der Waals surface area (Å²) in [4.78, 5) is 56.8. The van der Waals surface area contributed by atoms with Crippen LogP contribution in [0.2, 0.25) is 0 Å². The molecule has 3 heterocycles. The van der Waals surface area contributed by atoms with Crippen LogP contribution in [0, 0.1) is 5.92 Å². The lowest BCUT2D eigenvalue weighted by atomic mass is 10.1. The number of cyclic esters (lactones) is 1. The summed E-state index contributed by atoms with van der Waals surface area (Å²) in [7, 11) is 0. The van der Waals surface area contributed by atoms with Crippen LogP contribution in [-0.2, 0) is 23.9 Å². The van der Waals surface area contributed by atoms with Crippen LogP contribution in [-0.4, -0.2) is 58.4 Å². The molecule has 1 fully saturated rings. The van der Waals surface area contributed by atoms with Gasteiger partial charge in [0.25, 0.3) is 11.8 Å². The van der Waals surface area contributed by atoms with Crippen LogP contribution in [0.5, 0.6) is 0 Å². The molecule has 5 bridgehead atoms. The average molecular weight is 578 g/mol. The second-order valence-corrected chi connectivity index (χ2v) is 11.6. The van der Waals surface area contributed by atoms with Crippen LogP contribution in [0.1, 0.15) is 89.9 Å². The maximum Gasteiger partial charge on any atom is 0.306 e. The zero-order valence-electron chi connectivity index (χ0n) is 25.0. The Kier molecular flexibility index (Phi) is 10.7. The minimum atomic E-state index is -0.997. The molecule has 0 unspecified atom stereocenters. The van der Waals surface area contributed by atoms with E-state index in [2.05, 4.69) is 34.3 Å². The molecule has 4 atom stereocenters. The lowest BCUT2D eigenvalue weighted by molar-refractivity contribution is -0.159. The molecular formula is C32H43N5O5. The molecule has 3 amide bonds. The van der Waals surface area contributed by atoms with Crippen molar-refractivity contribution in [3.8, 4) is 0 Å². The maximum absolute atomic E-state index is 13.2. The molecule has 2 aromatic rings. The van der Waals surface area contributed by atoms with Gasteiger partial charge in [0.05, 0.1) is 17.3 Å². The number of carbonyl (C=O) groups is 4. The van der Waals surface area contributed by atoms with E-state index in [1.54, 1.807) is 20.8 Å². The molecule has 10 nitrogen and oxygen atoms in total. The molecule has 1 saturated heterocycles. The topological polar surface area (TPSA) is 130 Å². The Balaban J connectivity index is 1.53. The molecule has 1 aromatic heterocycles. The number of ether oxygens (including phenoxy) is 1. The van der Waals surface area contributed by atoms with E-state index < -0.39 is 30.1 Å². The third kappa shape index (κ3) is 8.15. The normalized spacial score (nSPS) is 26.4. The van der Waals surface area contributed by atoms with Crippen molar-refractivity contribution in [3.05, 3.63) is 47.7 Å². The molecule has 4 rings (SSSR count). The molecule has 2 aliphatic heterocycles. The lowest BCUT2D eigenvalue weighted by Gasteiger charge is -2.35. The van der Waals surface area contributed by atoms with Crippen molar-refractivity contribution >= 4 is 40.7 Å². The number of aromatic nitrogens is 1. The number of carbonyl (C=O) groups excluding carboxylic acids is 4. The van der Waals surface area contributed by atoms with Crippen molar-refractivity contribution in [1.29, 1.82) is 0 Å². The average Bonchev–Trinajstić information content (AvgIpc) is 2.97. The van der Waals surface area contributed by atoms with E-state index in [4.69, 9.17) is 9.72 Å². The first-order chi connectivity index (χ1) is 20.1. The summed E-state index contributed by atoms with van der Waals surface area (Å²) in [5, 5.41) is 8.14. The van der Waals surface area contributed by atoms with Crippen LogP contribution in [0.15, 0.2) is 36.4 Å². The second kappa shape index (κ2) is 14.4.